The van der Waals surface area contributed by atoms with Crippen LogP contribution in [0.4, 0.5) is 5.82 Å². The van der Waals surface area contributed by atoms with Crippen molar-refractivity contribution in [2.75, 3.05) is 25.1 Å². The molecule has 0 bridgehead atoms. The first-order chi connectivity index (χ1) is 8.81. The van der Waals surface area contributed by atoms with Crippen molar-refractivity contribution in [2.45, 2.75) is 32.3 Å². The molecule has 2 heterocycles. The highest BCUT2D eigenvalue weighted by Crippen LogP contribution is 2.28. The third-order valence-electron chi connectivity index (χ3n) is 2.78. The minimum absolute atomic E-state index is 0.184. The molecule has 0 spiro atoms. The van der Waals surface area contributed by atoms with Gasteiger partial charge in [0.15, 0.2) is 0 Å². The number of rotatable bonds is 5. The summed E-state index contributed by atoms with van der Waals surface area (Å²) in [5.74, 6) is 1.32. The summed E-state index contributed by atoms with van der Waals surface area (Å²) >= 11 is 3.45. The van der Waals surface area contributed by atoms with E-state index in [-0.39, 0.29) is 6.10 Å². The highest BCUT2D eigenvalue weighted by molar-refractivity contribution is 9.10. The van der Waals surface area contributed by atoms with E-state index >= 15 is 0 Å². The molecule has 1 aliphatic heterocycles. The van der Waals surface area contributed by atoms with Gasteiger partial charge in [0.1, 0.15) is 23.2 Å². The summed E-state index contributed by atoms with van der Waals surface area (Å²) < 4.78 is 12.1. The number of halogens is 1. The fraction of sp³-hybridized carbons (Fsp3) is 0.667. The second-order valence-electron chi connectivity index (χ2n) is 4.17. The van der Waals surface area contributed by atoms with E-state index in [2.05, 4.69) is 31.2 Å². The number of ether oxygens (including phenoxy) is 2. The van der Waals surface area contributed by atoms with Crippen LogP contribution in [0.2, 0.25) is 0 Å². The van der Waals surface area contributed by atoms with E-state index in [1.165, 1.54) is 12.7 Å². The van der Waals surface area contributed by atoms with Crippen LogP contribution >= 0.6 is 15.9 Å². The molecule has 1 atom stereocenters. The molecule has 1 unspecified atom stereocenters. The van der Waals surface area contributed by atoms with E-state index in [1.54, 1.807) is 0 Å². The highest BCUT2D eigenvalue weighted by atomic mass is 79.9. The number of aromatic nitrogens is 2. The lowest BCUT2D eigenvalue weighted by Gasteiger charge is -2.22. The molecule has 2 rings (SSSR count). The van der Waals surface area contributed by atoms with Gasteiger partial charge in [-0.05, 0) is 42.1 Å². The van der Waals surface area contributed by atoms with Gasteiger partial charge in [-0.15, -0.1) is 0 Å². The Morgan fingerprint density at radius 3 is 3.11 bits per heavy atom. The number of hydrogen-bond acceptors (Lipinski definition) is 5. The van der Waals surface area contributed by atoms with Crippen LogP contribution < -0.4 is 10.1 Å². The number of nitrogens with zero attached hydrogens (tertiary/aromatic N) is 2. The minimum Gasteiger partial charge on any atom is -0.474 e. The third-order valence-corrected chi connectivity index (χ3v) is 3.50. The smallest absolute Gasteiger partial charge is 0.233 e. The molecule has 0 saturated carbocycles. The molecule has 100 valence electrons. The van der Waals surface area contributed by atoms with Gasteiger partial charge >= 0.3 is 0 Å². The molecule has 1 fully saturated rings. The molecule has 1 aromatic heterocycles. The topological polar surface area (TPSA) is 56.3 Å². The normalized spacial score (nSPS) is 19.6. The molecule has 1 aliphatic rings. The molecule has 18 heavy (non-hydrogen) atoms. The zero-order valence-electron chi connectivity index (χ0n) is 10.5. The second-order valence-corrected chi connectivity index (χ2v) is 4.96. The fourth-order valence-corrected chi connectivity index (χ4v) is 2.32. The molecule has 5 nitrogen and oxygen atoms in total. The molecule has 0 aromatic carbocycles. The summed E-state index contributed by atoms with van der Waals surface area (Å²) in [7, 11) is 0. The highest BCUT2D eigenvalue weighted by Gasteiger charge is 2.16. The lowest BCUT2D eigenvalue weighted by Crippen LogP contribution is -2.26. The molecular weight excluding hydrogens is 298 g/mol. The Balaban J connectivity index is 1.93. The molecule has 1 saturated heterocycles. The first-order valence-corrected chi connectivity index (χ1v) is 7.09. The summed E-state index contributed by atoms with van der Waals surface area (Å²) in [6.07, 6.45) is 5.10. The average Bonchev–Trinajstić information content (AvgIpc) is 2.41. The average molecular weight is 316 g/mol. The van der Waals surface area contributed by atoms with Crippen molar-refractivity contribution in [1.82, 2.24) is 9.97 Å². The van der Waals surface area contributed by atoms with Gasteiger partial charge in [0.05, 0.1) is 6.10 Å². The first-order valence-electron chi connectivity index (χ1n) is 6.30. The predicted octanol–water partition coefficient (Wildman–Crippen LogP) is 2.62. The predicted molar refractivity (Wildman–Crippen MR) is 73.0 cm³/mol. The quantitative estimate of drug-likeness (QED) is 0.905. The Morgan fingerprint density at radius 2 is 2.39 bits per heavy atom. The van der Waals surface area contributed by atoms with Crippen LogP contribution in [0.5, 0.6) is 5.88 Å². The summed E-state index contributed by atoms with van der Waals surface area (Å²) in [5.41, 5.74) is 0. The second kappa shape index (κ2) is 6.89. The van der Waals surface area contributed by atoms with Gasteiger partial charge in [0, 0.05) is 13.2 Å². The van der Waals surface area contributed by atoms with Gasteiger partial charge < -0.3 is 14.8 Å². The van der Waals surface area contributed by atoms with E-state index in [4.69, 9.17) is 9.47 Å². The van der Waals surface area contributed by atoms with Crippen LogP contribution in [0.1, 0.15) is 26.2 Å². The summed E-state index contributed by atoms with van der Waals surface area (Å²) in [6, 6.07) is 0. The van der Waals surface area contributed by atoms with Gasteiger partial charge in [0.25, 0.3) is 0 Å². The molecule has 0 aliphatic carbocycles. The van der Waals surface area contributed by atoms with Crippen LogP contribution in [-0.4, -0.2) is 35.8 Å². The SMILES string of the molecule is CCNc1ncnc(OCC2CCCCO2)c1Br. The number of anilines is 1. The minimum atomic E-state index is 0.184. The van der Waals surface area contributed by atoms with Gasteiger partial charge in [-0.1, -0.05) is 0 Å². The van der Waals surface area contributed by atoms with Crippen molar-refractivity contribution in [3.05, 3.63) is 10.8 Å². The van der Waals surface area contributed by atoms with Crippen LogP contribution in [0.25, 0.3) is 0 Å². The van der Waals surface area contributed by atoms with Crippen molar-refractivity contribution in [1.29, 1.82) is 0 Å². The Kier molecular flexibility index (Phi) is 5.19. The lowest BCUT2D eigenvalue weighted by molar-refractivity contribution is -0.0121. The zero-order chi connectivity index (χ0) is 12.8. The molecule has 1 aromatic rings. The Bertz CT molecular complexity index is 384. The Morgan fingerprint density at radius 1 is 1.50 bits per heavy atom. The summed E-state index contributed by atoms with van der Waals surface area (Å²) in [4.78, 5) is 8.27. The lowest BCUT2D eigenvalue weighted by atomic mass is 10.1. The van der Waals surface area contributed by atoms with Crippen molar-refractivity contribution < 1.29 is 9.47 Å². The van der Waals surface area contributed by atoms with Crippen LogP contribution in [0, 0.1) is 0 Å². The molecule has 6 heteroatoms. The number of nitrogens with one attached hydrogen (secondary N) is 1. The maximum Gasteiger partial charge on any atom is 0.233 e. The fourth-order valence-electron chi connectivity index (χ4n) is 1.86. The number of hydrogen-bond donors (Lipinski definition) is 1. The van der Waals surface area contributed by atoms with E-state index < -0.39 is 0 Å². The van der Waals surface area contributed by atoms with Crippen molar-refractivity contribution in [3.63, 3.8) is 0 Å². The maximum atomic E-state index is 5.70. The Labute approximate surface area is 115 Å². The van der Waals surface area contributed by atoms with Crippen molar-refractivity contribution >= 4 is 21.7 Å². The molecule has 0 radical (unpaired) electrons. The van der Waals surface area contributed by atoms with Gasteiger partial charge in [-0.3, -0.25) is 0 Å². The van der Waals surface area contributed by atoms with E-state index in [1.807, 2.05) is 6.92 Å². The van der Waals surface area contributed by atoms with E-state index in [9.17, 15) is 0 Å². The third kappa shape index (κ3) is 3.55. The van der Waals surface area contributed by atoms with Crippen LogP contribution in [0.15, 0.2) is 10.8 Å². The summed E-state index contributed by atoms with van der Waals surface area (Å²) in [5, 5.41) is 3.14. The van der Waals surface area contributed by atoms with Gasteiger partial charge in [-0.25, -0.2) is 9.97 Å². The molecule has 1 N–H and O–H groups in total. The van der Waals surface area contributed by atoms with Crippen LogP contribution in [0.3, 0.4) is 0 Å². The maximum absolute atomic E-state index is 5.70. The zero-order valence-corrected chi connectivity index (χ0v) is 12.1. The molecule has 0 amide bonds. The van der Waals surface area contributed by atoms with Gasteiger partial charge in [-0.2, -0.15) is 0 Å². The largest absolute Gasteiger partial charge is 0.474 e. The standard InChI is InChI=1S/C12H18BrN3O2/c1-2-14-11-10(13)12(16-8-15-11)18-7-9-5-3-4-6-17-9/h8-9H,2-7H2,1H3,(H,14,15,16). The monoisotopic (exact) mass is 315 g/mol. The van der Waals surface area contributed by atoms with E-state index in [0.29, 0.717) is 12.5 Å². The van der Waals surface area contributed by atoms with Crippen molar-refractivity contribution in [2.24, 2.45) is 0 Å². The van der Waals surface area contributed by atoms with Crippen LogP contribution in [-0.2, 0) is 4.74 Å². The summed E-state index contributed by atoms with van der Waals surface area (Å²) in [6.45, 7) is 4.20. The van der Waals surface area contributed by atoms with E-state index in [0.717, 1.165) is 36.3 Å². The first kappa shape index (κ1) is 13.5. The van der Waals surface area contributed by atoms with Gasteiger partial charge in [0.2, 0.25) is 5.88 Å². The Hall–Kier alpha value is -0.880. The molecular formula is C12H18BrN3O2. The van der Waals surface area contributed by atoms with Crippen molar-refractivity contribution in [3.8, 4) is 5.88 Å².